The molecule has 5 heteroatoms. The summed E-state index contributed by atoms with van der Waals surface area (Å²) < 4.78 is 0. The first-order valence-corrected chi connectivity index (χ1v) is 3.21. The molecule has 3 N–H and O–H groups in total. The second kappa shape index (κ2) is 4.76. The van der Waals surface area contributed by atoms with E-state index < -0.39 is 30.4 Å². The van der Waals surface area contributed by atoms with Crippen molar-refractivity contribution in [2.24, 2.45) is 0 Å². The fraction of sp³-hybridized carbons (Fsp3) is 0.429. The molecule has 0 fully saturated rings. The first-order valence-electron chi connectivity index (χ1n) is 3.21. The lowest BCUT2D eigenvalue weighted by Crippen LogP contribution is -2.38. The Balaban J connectivity index is 4.28. The number of rotatable bonds is 5. The van der Waals surface area contributed by atoms with Crippen molar-refractivity contribution in [1.82, 2.24) is 0 Å². The van der Waals surface area contributed by atoms with E-state index in [1.54, 1.807) is 0 Å². The summed E-state index contributed by atoms with van der Waals surface area (Å²) in [5.74, 6) is -2.35. The minimum atomic E-state index is -1.83. The van der Waals surface area contributed by atoms with Crippen LogP contribution in [-0.2, 0) is 9.59 Å². The molecular formula is C7H10O5. The third-order valence-corrected chi connectivity index (χ3v) is 1.25. The van der Waals surface area contributed by atoms with Crippen LogP contribution in [0.25, 0.3) is 0 Å². The van der Waals surface area contributed by atoms with Gasteiger partial charge in [0.15, 0.2) is 0 Å². The molecule has 12 heavy (non-hydrogen) atoms. The van der Waals surface area contributed by atoms with Gasteiger partial charge in [0.1, 0.15) is 18.8 Å². The van der Waals surface area contributed by atoms with Gasteiger partial charge in [-0.2, -0.15) is 0 Å². The molecule has 5 nitrogen and oxygen atoms in total. The zero-order chi connectivity index (χ0) is 9.72. The maximum Gasteiger partial charge on any atom is 0.232 e. The van der Waals surface area contributed by atoms with Crippen molar-refractivity contribution in [3.05, 3.63) is 12.7 Å². The van der Waals surface area contributed by atoms with Gasteiger partial charge in [0.05, 0.1) is 0 Å². The summed E-state index contributed by atoms with van der Waals surface area (Å²) in [6.07, 6.45) is -2.39. The molecular weight excluding hydrogens is 164 g/mol. The molecule has 0 radical (unpaired) electrons. The van der Waals surface area contributed by atoms with E-state index >= 15 is 0 Å². The van der Waals surface area contributed by atoms with E-state index in [0.29, 0.717) is 0 Å². The van der Waals surface area contributed by atoms with Gasteiger partial charge in [0.25, 0.3) is 0 Å². The Labute approximate surface area is 68.9 Å². The molecule has 0 saturated heterocycles. The molecule has 0 aliphatic heterocycles. The molecule has 0 spiro atoms. The molecule has 2 atom stereocenters. The Morgan fingerprint density at radius 1 is 1.42 bits per heavy atom. The average Bonchev–Trinajstić information content (AvgIpc) is 2.12. The Morgan fingerprint density at radius 2 is 1.92 bits per heavy atom. The highest BCUT2D eigenvalue weighted by Crippen LogP contribution is 1.96. The smallest absolute Gasteiger partial charge is 0.232 e. The van der Waals surface area contributed by atoms with Gasteiger partial charge >= 0.3 is 0 Å². The number of aliphatic hydroxyl groups is 3. The number of carbonyl (C=O) groups excluding carboxylic acids is 2. The van der Waals surface area contributed by atoms with E-state index in [1.165, 1.54) is 0 Å². The third kappa shape index (κ3) is 2.54. The van der Waals surface area contributed by atoms with Crippen molar-refractivity contribution in [2.75, 3.05) is 6.61 Å². The van der Waals surface area contributed by atoms with Crippen LogP contribution in [0.2, 0.25) is 0 Å². The highest BCUT2D eigenvalue weighted by Gasteiger charge is 2.26. The number of Topliss-reactive ketones (excluding diaryl/α,β-unsaturated/α-hetero) is 2. The number of hydrogen-bond donors (Lipinski definition) is 3. The van der Waals surface area contributed by atoms with Crippen LogP contribution in [0.15, 0.2) is 12.7 Å². The topological polar surface area (TPSA) is 94.8 Å². The molecule has 0 amide bonds. The zero-order valence-corrected chi connectivity index (χ0v) is 6.30. The molecule has 0 aromatic carbocycles. The van der Waals surface area contributed by atoms with E-state index in [1.807, 2.05) is 0 Å². The molecule has 0 rings (SSSR count). The summed E-state index contributed by atoms with van der Waals surface area (Å²) in [6, 6.07) is 0. The van der Waals surface area contributed by atoms with Crippen LogP contribution in [0.4, 0.5) is 0 Å². The Hall–Kier alpha value is -1.04. The van der Waals surface area contributed by atoms with Crippen molar-refractivity contribution >= 4 is 11.6 Å². The number of hydrogen-bond acceptors (Lipinski definition) is 5. The number of ketones is 2. The lowest BCUT2D eigenvalue weighted by Gasteiger charge is -2.10. The maximum atomic E-state index is 10.7. The summed E-state index contributed by atoms with van der Waals surface area (Å²) in [4.78, 5) is 21.2. The quantitative estimate of drug-likeness (QED) is 0.332. The van der Waals surface area contributed by atoms with Crippen molar-refractivity contribution in [3.8, 4) is 0 Å². The van der Waals surface area contributed by atoms with Gasteiger partial charge in [0, 0.05) is 0 Å². The van der Waals surface area contributed by atoms with Crippen LogP contribution in [0.3, 0.4) is 0 Å². The minimum absolute atomic E-state index is 0.924. The summed E-state index contributed by atoms with van der Waals surface area (Å²) >= 11 is 0. The molecule has 0 saturated carbocycles. The molecule has 0 aliphatic rings. The number of aliphatic hydroxyl groups excluding tert-OH is 3. The molecule has 0 aliphatic carbocycles. The van der Waals surface area contributed by atoms with Gasteiger partial charge in [-0.15, -0.1) is 6.58 Å². The lowest BCUT2D eigenvalue weighted by atomic mass is 10.1. The first kappa shape index (κ1) is 11.0. The monoisotopic (exact) mass is 174 g/mol. The fourth-order valence-corrected chi connectivity index (χ4v) is 0.527. The number of carbonyl (C=O) groups is 2. The van der Waals surface area contributed by atoms with Crippen LogP contribution in [-0.4, -0.2) is 45.7 Å². The van der Waals surface area contributed by atoms with Crippen molar-refractivity contribution in [3.63, 3.8) is 0 Å². The third-order valence-electron chi connectivity index (χ3n) is 1.25. The normalized spacial score (nSPS) is 14.9. The van der Waals surface area contributed by atoms with Gasteiger partial charge in [0.2, 0.25) is 11.6 Å². The zero-order valence-electron chi connectivity index (χ0n) is 6.30. The van der Waals surface area contributed by atoms with Crippen molar-refractivity contribution in [2.45, 2.75) is 12.2 Å². The van der Waals surface area contributed by atoms with Gasteiger partial charge in [-0.25, -0.2) is 0 Å². The average molecular weight is 174 g/mol. The maximum absolute atomic E-state index is 10.7. The van der Waals surface area contributed by atoms with Crippen LogP contribution < -0.4 is 0 Å². The molecule has 0 bridgehead atoms. The van der Waals surface area contributed by atoms with Crippen LogP contribution >= 0.6 is 0 Å². The lowest BCUT2D eigenvalue weighted by molar-refractivity contribution is -0.145. The Bertz CT molecular complexity index is 198. The van der Waals surface area contributed by atoms with Crippen LogP contribution in [0.1, 0.15) is 0 Å². The summed E-state index contributed by atoms with van der Waals surface area (Å²) in [5.41, 5.74) is 0. The Morgan fingerprint density at radius 3 is 2.25 bits per heavy atom. The second-order valence-corrected chi connectivity index (χ2v) is 2.12. The van der Waals surface area contributed by atoms with Crippen LogP contribution in [0.5, 0.6) is 0 Å². The van der Waals surface area contributed by atoms with Crippen molar-refractivity contribution < 1.29 is 24.9 Å². The van der Waals surface area contributed by atoms with Gasteiger partial charge in [-0.3, -0.25) is 9.59 Å². The van der Waals surface area contributed by atoms with Gasteiger partial charge in [-0.1, -0.05) is 6.08 Å². The SMILES string of the molecule is C=C[C@H](O)[C@@H](O)C(=O)C(=O)CO. The molecule has 68 valence electrons. The predicted molar refractivity (Wildman–Crippen MR) is 39.3 cm³/mol. The molecule has 0 aromatic heterocycles. The van der Waals surface area contributed by atoms with Crippen LogP contribution in [0, 0.1) is 0 Å². The van der Waals surface area contributed by atoms with E-state index in [9.17, 15) is 9.59 Å². The molecule has 0 unspecified atom stereocenters. The highest BCUT2D eigenvalue weighted by molar-refractivity contribution is 6.39. The van der Waals surface area contributed by atoms with E-state index in [-0.39, 0.29) is 0 Å². The largest absolute Gasteiger partial charge is 0.388 e. The van der Waals surface area contributed by atoms with E-state index in [2.05, 4.69) is 6.58 Å². The van der Waals surface area contributed by atoms with E-state index in [4.69, 9.17) is 15.3 Å². The first-order chi connectivity index (χ1) is 5.54. The van der Waals surface area contributed by atoms with Gasteiger partial charge < -0.3 is 15.3 Å². The molecule has 0 heterocycles. The summed E-state index contributed by atoms with van der Waals surface area (Å²) in [7, 11) is 0. The van der Waals surface area contributed by atoms with Crippen molar-refractivity contribution in [1.29, 1.82) is 0 Å². The predicted octanol–water partition coefficient (Wildman–Crippen LogP) is -1.98. The highest BCUT2D eigenvalue weighted by atomic mass is 16.3. The Kier molecular flexibility index (Phi) is 4.35. The minimum Gasteiger partial charge on any atom is -0.388 e. The van der Waals surface area contributed by atoms with Gasteiger partial charge in [-0.05, 0) is 0 Å². The standard InChI is InChI=1S/C7H10O5/c1-2-4(9)6(11)7(12)5(10)3-8/h2,4,6,8-9,11H,1,3H2/t4-,6+/m0/s1. The van der Waals surface area contributed by atoms with E-state index in [0.717, 1.165) is 6.08 Å². The fourth-order valence-electron chi connectivity index (χ4n) is 0.527. The second-order valence-electron chi connectivity index (χ2n) is 2.12. The molecule has 0 aromatic rings. The summed E-state index contributed by atoms with van der Waals surface area (Å²) in [6.45, 7) is 2.14. The summed E-state index contributed by atoms with van der Waals surface area (Å²) in [5, 5.41) is 25.9.